The van der Waals surface area contributed by atoms with E-state index in [9.17, 15) is 14.4 Å². The van der Waals surface area contributed by atoms with E-state index in [0.717, 1.165) is 0 Å². The summed E-state index contributed by atoms with van der Waals surface area (Å²) in [7, 11) is 0. The lowest BCUT2D eigenvalue weighted by Crippen LogP contribution is -2.56. The molecule has 0 aromatic heterocycles. The molecule has 1 unspecified atom stereocenters. The van der Waals surface area contributed by atoms with Gasteiger partial charge >= 0.3 is 12.1 Å². The van der Waals surface area contributed by atoms with Crippen molar-refractivity contribution in [1.82, 2.24) is 10.2 Å². The summed E-state index contributed by atoms with van der Waals surface area (Å²) in [6.45, 7) is 5.55. The van der Waals surface area contributed by atoms with Crippen LogP contribution in [0.4, 0.5) is 4.79 Å². The quantitative estimate of drug-likeness (QED) is 0.702. The zero-order valence-corrected chi connectivity index (χ0v) is 11.3. The van der Waals surface area contributed by atoms with E-state index in [-0.39, 0.29) is 0 Å². The molecule has 0 bridgehead atoms. The smallest absolute Gasteiger partial charge is 0.405 e. The number of carboxylic acids is 1. The molecule has 1 aliphatic heterocycles. The van der Waals surface area contributed by atoms with Gasteiger partial charge in [0, 0.05) is 6.54 Å². The van der Waals surface area contributed by atoms with Crippen molar-refractivity contribution >= 4 is 18.0 Å². The number of nitrogens with one attached hydrogen (secondary N) is 1. The summed E-state index contributed by atoms with van der Waals surface area (Å²) in [5.41, 5.74) is -0.624. The minimum Gasteiger partial charge on any atom is -0.480 e. The summed E-state index contributed by atoms with van der Waals surface area (Å²) in [4.78, 5) is 35.5. The molecule has 1 rings (SSSR count). The number of hydrogen-bond donors (Lipinski definition) is 3. The Kier molecular flexibility index (Phi) is 4.39. The lowest BCUT2D eigenvalue weighted by Gasteiger charge is -2.34. The number of likely N-dealkylation sites (tertiary alicyclic amines) is 1. The maximum Gasteiger partial charge on any atom is 0.405 e. The zero-order valence-electron chi connectivity index (χ0n) is 11.3. The van der Waals surface area contributed by atoms with Gasteiger partial charge in [-0.15, -0.1) is 0 Å². The monoisotopic (exact) mass is 272 g/mol. The van der Waals surface area contributed by atoms with Crippen molar-refractivity contribution in [2.24, 2.45) is 5.41 Å². The molecule has 0 radical (unpaired) electrons. The van der Waals surface area contributed by atoms with Gasteiger partial charge in [0.25, 0.3) is 0 Å². The van der Waals surface area contributed by atoms with Gasteiger partial charge in [-0.2, -0.15) is 0 Å². The Hall–Kier alpha value is -1.79. The Morgan fingerprint density at radius 3 is 2.26 bits per heavy atom. The van der Waals surface area contributed by atoms with E-state index in [0.29, 0.717) is 19.4 Å². The van der Waals surface area contributed by atoms with Gasteiger partial charge in [0.2, 0.25) is 5.91 Å². The highest BCUT2D eigenvalue weighted by atomic mass is 16.4. The molecular weight excluding hydrogens is 252 g/mol. The molecule has 0 aromatic rings. The Labute approximate surface area is 111 Å². The number of carbonyl (C=O) groups is 3. The molecular formula is C12H20N2O5. The third kappa shape index (κ3) is 3.59. The standard InChI is InChI=1S/C12H20N2O5/c1-12(2,3)8(13-11(18)19)9(15)14-6-4-5-7(14)10(16)17/h7-8,13H,4-6H2,1-3H3,(H,16,17)(H,18,19)/t7?,8-/m1/s1. The van der Waals surface area contributed by atoms with Crippen LogP contribution in [0.1, 0.15) is 33.6 Å². The highest BCUT2D eigenvalue weighted by molar-refractivity contribution is 5.90. The second-order valence-electron chi connectivity index (χ2n) is 5.78. The van der Waals surface area contributed by atoms with E-state index in [2.05, 4.69) is 5.32 Å². The zero-order chi connectivity index (χ0) is 14.8. The van der Waals surface area contributed by atoms with Gasteiger partial charge < -0.3 is 20.4 Å². The molecule has 1 fully saturated rings. The van der Waals surface area contributed by atoms with Crippen LogP contribution in [-0.4, -0.2) is 51.7 Å². The Balaban J connectivity index is 2.93. The Morgan fingerprint density at radius 2 is 1.84 bits per heavy atom. The summed E-state index contributed by atoms with van der Waals surface area (Å²) in [5.74, 6) is -1.52. The van der Waals surface area contributed by atoms with Gasteiger partial charge in [-0.3, -0.25) is 4.79 Å². The molecule has 7 heteroatoms. The van der Waals surface area contributed by atoms with Gasteiger partial charge in [-0.1, -0.05) is 20.8 Å². The van der Waals surface area contributed by atoms with E-state index >= 15 is 0 Å². The van der Waals surface area contributed by atoms with Crippen LogP contribution in [0.2, 0.25) is 0 Å². The first-order valence-electron chi connectivity index (χ1n) is 6.17. The van der Waals surface area contributed by atoms with Crippen LogP contribution in [0.15, 0.2) is 0 Å². The van der Waals surface area contributed by atoms with Crippen molar-refractivity contribution in [2.45, 2.75) is 45.7 Å². The first-order valence-corrected chi connectivity index (χ1v) is 6.17. The van der Waals surface area contributed by atoms with Crippen LogP contribution in [0, 0.1) is 5.41 Å². The van der Waals surface area contributed by atoms with Crippen molar-refractivity contribution in [2.75, 3.05) is 6.54 Å². The number of rotatable bonds is 3. The average molecular weight is 272 g/mol. The van der Waals surface area contributed by atoms with Crippen molar-refractivity contribution in [3.63, 3.8) is 0 Å². The molecule has 0 aromatic carbocycles. The third-order valence-electron chi connectivity index (χ3n) is 3.20. The molecule has 0 aliphatic carbocycles. The number of amides is 2. The van der Waals surface area contributed by atoms with Crippen LogP contribution in [0.3, 0.4) is 0 Å². The molecule has 1 aliphatic rings. The molecule has 7 nitrogen and oxygen atoms in total. The lowest BCUT2D eigenvalue weighted by atomic mass is 9.85. The average Bonchev–Trinajstić information content (AvgIpc) is 2.71. The fraction of sp³-hybridized carbons (Fsp3) is 0.750. The van der Waals surface area contributed by atoms with Crippen LogP contribution < -0.4 is 5.32 Å². The number of carbonyl (C=O) groups excluding carboxylic acids is 1. The van der Waals surface area contributed by atoms with Crippen molar-refractivity contribution in [3.05, 3.63) is 0 Å². The first-order chi connectivity index (χ1) is 8.64. The molecule has 1 saturated heterocycles. The normalized spacial score (nSPS) is 21.0. The van der Waals surface area contributed by atoms with Crippen molar-refractivity contribution in [1.29, 1.82) is 0 Å². The number of nitrogens with zero attached hydrogens (tertiary/aromatic N) is 1. The largest absolute Gasteiger partial charge is 0.480 e. The van der Waals surface area contributed by atoms with Gasteiger partial charge in [0.1, 0.15) is 12.1 Å². The molecule has 19 heavy (non-hydrogen) atoms. The van der Waals surface area contributed by atoms with Crippen LogP contribution in [0.25, 0.3) is 0 Å². The molecule has 3 N–H and O–H groups in total. The van der Waals surface area contributed by atoms with Gasteiger partial charge in [-0.05, 0) is 18.3 Å². The summed E-state index contributed by atoms with van der Waals surface area (Å²) in [6.07, 6.45) is -0.267. The molecule has 2 amide bonds. The van der Waals surface area contributed by atoms with E-state index in [1.165, 1.54) is 4.90 Å². The SMILES string of the molecule is CC(C)(C)[C@H](NC(=O)O)C(=O)N1CCCC1C(=O)O. The second kappa shape index (κ2) is 5.46. The molecule has 108 valence electrons. The minimum atomic E-state index is -1.29. The third-order valence-corrected chi connectivity index (χ3v) is 3.20. The summed E-state index contributed by atoms with van der Waals surface area (Å²) >= 11 is 0. The van der Waals surface area contributed by atoms with Crippen LogP contribution >= 0.6 is 0 Å². The Bertz CT molecular complexity index is 388. The van der Waals surface area contributed by atoms with Crippen LogP contribution in [-0.2, 0) is 9.59 Å². The summed E-state index contributed by atoms with van der Waals surface area (Å²) in [5, 5.41) is 20.1. The minimum absolute atomic E-state index is 0.351. The topological polar surface area (TPSA) is 107 Å². The van der Waals surface area contributed by atoms with E-state index in [1.807, 2.05) is 0 Å². The van der Waals surface area contributed by atoms with Gasteiger partial charge in [0.05, 0.1) is 0 Å². The fourth-order valence-corrected chi connectivity index (χ4v) is 2.23. The Morgan fingerprint density at radius 1 is 1.26 bits per heavy atom. The summed E-state index contributed by atoms with van der Waals surface area (Å²) in [6, 6.07) is -1.81. The second-order valence-corrected chi connectivity index (χ2v) is 5.78. The van der Waals surface area contributed by atoms with Gasteiger partial charge in [0.15, 0.2) is 0 Å². The van der Waals surface area contributed by atoms with Crippen LogP contribution in [0.5, 0.6) is 0 Å². The van der Waals surface area contributed by atoms with E-state index in [4.69, 9.17) is 10.2 Å². The van der Waals surface area contributed by atoms with Crippen molar-refractivity contribution < 1.29 is 24.6 Å². The van der Waals surface area contributed by atoms with E-state index < -0.39 is 35.5 Å². The maximum absolute atomic E-state index is 12.4. The highest BCUT2D eigenvalue weighted by Crippen LogP contribution is 2.25. The predicted octanol–water partition coefficient (Wildman–Crippen LogP) is 0.744. The van der Waals surface area contributed by atoms with E-state index in [1.54, 1.807) is 20.8 Å². The number of hydrogen-bond acceptors (Lipinski definition) is 3. The molecule has 2 atom stereocenters. The lowest BCUT2D eigenvalue weighted by molar-refractivity contribution is -0.150. The number of aliphatic carboxylic acids is 1. The molecule has 0 saturated carbocycles. The summed E-state index contributed by atoms with van der Waals surface area (Å²) < 4.78 is 0. The fourth-order valence-electron chi connectivity index (χ4n) is 2.23. The molecule has 1 heterocycles. The highest BCUT2D eigenvalue weighted by Gasteiger charge is 2.41. The van der Waals surface area contributed by atoms with Gasteiger partial charge in [-0.25, -0.2) is 9.59 Å². The predicted molar refractivity (Wildman–Crippen MR) is 66.8 cm³/mol. The molecule has 0 spiro atoms. The number of carboxylic acid groups (broad SMARTS) is 2. The van der Waals surface area contributed by atoms with Crippen molar-refractivity contribution in [3.8, 4) is 0 Å². The first kappa shape index (κ1) is 15.3. The maximum atomic E-state index is 12.4.